The molecule has 5 aromatic rings. The normalized spacial score (nSPS) is 11.6. The lowest BCUT2D eigenvalue weighted by Crippen LogP contribution is -2.29. The van der Waals surface area contributed by atoms with Crippen molar-refractivity contribution in [2.24, 2.45) is 7.05 Å². The number of amides is 1. The van der Waals surface area contributed by atoms with Gasteiger partial charge in [-0.1, -0.05) is 42.2 Å². The summed E-state index contributed by atoms with van der Waals surface area (Å²) in [7, 11) is 1.86. The molecule has 5 rings (SSSR count). The van der Waals surface area contributed by atoms with Gasteiger partial charge in [0.1, 0.15) is 0 Å². The van der Waals surface area contributed by atoms with Gasteiger partial charge in [0.05, 0.1) is 39.3 Å². The fourth-order valence-corrected chi connectivity index (χ4v) is 4.59. The highest BCUT2D eigenvalue weighted by Gasteiger charge is 2.21. The van der Waals surface area contributed by atoms with E-state index in [1.54, 1.807) is 22.2 Å². The number of anilines is 1. The number of hydrogen-bond donors (Lipinski definition) is 2. The van der Waals surface area contributed by atoms with Crippen LogP contribution >= 0.6 is 11.3 Å². The molecule has 0 radical (unpaired) electrons. The Hall–Kier alpha value is -4.55. The maximum absolute atomic E-state index is 12.8. The van der Waals surface area contributed by atoms with E-state index >= 15 is 0 Å². The van der Waals surface area contributed by atoms with Crippen molar-refractivity contribution in [3.05, 3.63) is 88.9 Å². The molecule has 1 amide bonds. The fraction of sp³-hybridized carbons (Fsp3) is 0.115. The standard InChI is InChI=1S/C26H21N7OS/c1-16(31-26(34)24-25(27)29-11-10-28-24)20-12-21-23(32-22(20)18-6-4-3-5-7-18)19(15-35-21)9-8-17-13-30-33(2)14-17/h3-7,10-16H,1-2H3,(H2,27,29)(H,31,34). The number of rotatable bonds is 4. The van der Waals surface area contributed by atoms with E-state index in [1.807, 2.05) is 55.9 Å². The van der Waals surface area contributed by atoms with Crippen LogP contribution in [0.25, 0.3) is 21.5 Å². The molecule has 1 unspecified atom stereocenters. The van der Waals surface area contributed by atoms with E-state index in [-0.39, 0.29) is 17.6 Å². The molecule has 8 nitrogen and oxygen atoms in total. The summed E-state index contributed by atoms with van der Waals surface area (Å²) in [5.41, 5.74) is 11.1. The van der Waals surface area contributed by atoms with Crippen molar-refractivity contribution < 1.29 is 4.79 Å². The van der Waals surface area contributed by atoms with Crippen molar-refractivity contribution >= 4 is 33.3 Å². The number of carbonyl (C=O) groups is 1. The Morgan fingerprint density at radius 1 is 1.17 bits per heavy atom. The third kappa shape index (κ3) is 4.60. The second-order valence-electron chi connectivity index (χ2n) is 7.93. The number of pyridine rings is 1. The second-order valence-corrected chi connectivity index (χ2v) is 8.84. The molecule has 0 aliphatic rings. The van der Waals surface area contributed by atoms with Gasteiger partial charge in [-0.15, -0.1) is 11.3 Å². The fourth-order valence-electron chi connectivity index (χ4n) is 3.71. The molecule has 4 aromatic heterocycles. The molecule has 35 heavy (non-hydrogen) atoms. The van der Waals surface area contributed by atoms with Crippen LogP contribution in [0.2, 0.25) is 0 Å². The van der Waals surface area contributed by atoms with Crippen LogP contribution in [0.4, 0.5) is 5.82 Å². The molecule has 0 aliphatic carbocycles. The molecule has 0 fully saturated rings. The minimum atomic E-state index is -0.392. The van der Waals surface area contributed by atoms with E-state index in [2.05, 4.69) is 38.3 Å². The van der Waals surface area contributed by atoms with Crippen molar-refractivity contribution in [2.75, 3.05) is 5.73 Å². The number of nitrogen functional groups attached to an aromatic ring is 1. The van der Waals surface area contributed by atoms with Crippen LogP contribution in [0.3, 0.4) is 0 Å². The van der Waals surface area contributed by atoms with Gasteiger partial charge in [-0.2, -0.15) is 5.10 Å². The number of thiophene rings is 1. The number of nitrogens with zero attached hydrogens (tertiary/aromatic N) is 5. The lowest BCUT2D eigenvalue weighted by molar-refractivity contribution is 0.0935. The molecular weight excluding hydrogens is 458 g/mol. The van der Waals surface area contributed by atoms with Crippen LogP contribution in [-0.4, -0.2) is 30.6 Å². The Morgan fingerprint density at radius 2 is 1.97 bits per heavy atom. The molecule has 0 saturated heterocycles. The van der Waals surface area contributed by atoms with Gasteiger partial charge in [0.15, 0.2) is 11.5 Å². The molecule has 1 atom stereocenters. The highest BCUT2D eigenvalue weighted by atomic mass is 32.1. The summed E-state index contributed by atoms with van der Waals surface area (Å²) < 4.78 is 2.70. The highest BCUT2D eigenvalue weighted by Crippen LogP contribution is 2.34. The molecule has 0 aliphatic heterocycles. The average Bonchev–Trinajstić information content (AvgIpc) is 3.47. The Kier molecular flexibility index (Phi) is 5.95. The van der Waals surface area contributed by atoms with Gasteiger partial charge in [-0.05, 0) is 13.0 Å². The molecule has 172 valence electrons. The summed E-state index contributed by atoms with van der Waals surface area (Å²) in [6, 6.07) is 11.6. The molecule has 3 N–H and O–H groups in total. The van der Waals surface area contributed by atoms with E-state index in [0.717, 1.165) is 38.2 Å². The first-order valence-corrected chi connectivity index (χ1v) is 11.7. The third-order valence-corrected chi connectivity index (χ3v) is 6.34. The number of nitrogens with two attached hydrogens (primary N) is 1. The van der Waals surface area contributed by atoms with Crippen molar-refractivity contribution in [3.8, 4) is 23.1 Å². The van der Waals surface area contributed by atoms with Gasteiger partial charge in [0.2, 0.25) is 0 Å². The van der Waals surface area contributed by atoms with E-state index in [0.29, 0.717) is 0 Å². The highest BCUT2D eigenvalue weighted by molar-refractivity contribution is 7.17. The second kappa shape index (κ2) is 9.37. The van der Waals surface area contributed by atoms with E-state index in [9.17, 15) is 4.79 Å². The van der Waals surface area contributed by atoms with Crippen LogP contribution in [-0.2, 0) is 7.05 Å². The number of carbonyl (C=O) groups excluding carboxylic acids is 1. The zero-order valence-corrected chi connectivity index (χ0v) is 19.9. The van der Waals surface area contributed by atoms with Gasteiger partial charge in [0, 0.05) is 42.1 Å². The largest absolute Gasteiger partial charge is 0.382 e. The molecule has 0 saturated carbocycles. The molecule has 4 heterocycles. The van der Waals surface area contributed by atoms with E-state index in [4.69, 9.17) is 10.7 Å². The minimum Gasteiger partial charge on any atom is -0.382 e. The number of hydrogen-bond acceptors (Lipinski definition) is 7. The summed E-state index contributed by atoms with van der Waals surface area (Å²) >= 11 is 1.57. The predicted octanol–water partition coefficient (Wildman–Crippen LogP) is 3.96. The molecular formula is C26H21N7OS. The maximum atomic E-state index is 12.8. The lowest BCUT2D eigenvalue weighted by Gasteiger charge is -2.18. The Balaban J connectivity index is 1.56. The maximum Gasteiger partial charge on any atom is 0.274 e. The first-order chi connectivity index (χ1) is 17.0. The smallest absolute Gasteiger partial charge is 0.274 e. The molecule has 0 spiro atoms. The minimum absolute atomic E-state index is 0.0872. The monoisotopic (exact) mass is 479 g/mol. The zero-order valence-electron chi connectivity index (χ0n) is 19.1. The van der Waals surface area contributed by atoms with E-state index < -0.39 is 5.91 Å². The van der Waals surface area contributed by atoms with Crippen molar-refractivity contribution in [1.29, 1.82) is 0 Å². The van der Waals surface area contributed by atoms with E-state index in [1.165, 1.54) is 12.4 Å². The SMILES string of the molecule is CC(NC(=O)c1nccnc1N)c1cc2scc(C#Cc3cnn(C)c3)c2nc1-c1ccccc1. The summed E-state index contributed by atoms with van der Waals surface area (Å²) in [6.07, 6.45) is 6.50. The summed E-state index contributed by atoms with van der Waals surface area (Å²) in [5, 5.41) is 9.16. The Labute approximate surface area is 205 Å². The zero-order chi connectivity index (χ0) is 24.4. The van der Waals surface area contributed by atoms with Gasteiger partial charge in [-0.25, -0.2) is 15.0 Å². The Bertz CT molecular complexity index is 1590. The number of aryl methyl sites for hydroxylation is 1. The van der Waals surface area contributed by atoms with Crippen molar-refractivity contribution in [3.63, 3.8) is 0 Å². The molecule has 1 aromatic carbocycles. The van der Waals surface area contributed by atoms with Gasteiger partial charge < -0.3 is 11.1 Å². The summed E-state index contributed by atoms with van der Waals surface area (Å²) in [4.78, 5) is 25.9. The first-order valence-electron chi connectivity index (χ1n) is 10.8. The van der Waals surface area contributed by atoms with Gasteiger partial charge >= 0.3 is 0 Å². The van der Waals surface area contributed by atoms with Crippen LogP contribution in [0.1, 0.15) is 40.1 Å². The summed E-state index contributed by atoms with van der Waals surface area (Å²) in [6.45, 7) is 1.91. The van der Waals surface area contributed by atoms with Crippen LogP contribution in [0.15, 0.2) is 66.6 Å². The third-order valence-electron chi connectivity index (χ3n) is 5.43. The van der Waals surface area contributed by atoms with Crippen molar-refractivity contribution in [2.45, 2.75) is 13.0 Å². The summed E-state index contributed by atoms with van der Waals surface area (Å²) in [5.74, 6) is 6.08. The quantitative estimate of drug-likeness (QED) is 0.378. The first kappa shape index (κ1) is 22.3. The lowest BCUT2D eigenvalue weighted by atomic mass is 10.00. The van der Waals surface area contributed by atoms with Crippen LogP contribution in [0.5, 0.6) is 0 Å². The predicted molar refractivity (Wildman–Crippen MR) is 137 cm³/mol. The average molecular weight is 480 g/mol. The van der Waals surface area contributed by atoms with Crippen LogP contribution < -0.4 is 11.1 Å². The number of nitrogens with one attached hydrogen (secondary N) is 1. The Morgan fingerprint density at radius 3 is 2.71 bits per heavy atom. The molecule has 9 heteroatoms. The topological polar surface area (TPSA) is 112 Å². The number of aromatic nitrogens is 5. The number of benzene rings is 1. The molecule has 0 bridgehead atoms. The van der Waals surface area contributed by atoms with Crippen molar-refractivity contribution in [1.82, 2.24) is 30.0 Å². The van der Waals surface area contributed by atoms with Crippen LogP contribution in [0, 0.1) is 11.8 Å². The van der Waals surface area contributed by atoms with Gasteiger partial charge in [0.25, 0.3) is 5.91 Å². The van der Waals surface area contributed by atoms with Gasteiger partial charge in [-0.3, -0.25) is 9.48 Å². The number of fused-ring (bicyclic) bond motifs is 1.